The van der Waals surface area contributed by atoms with Gasteiger partial charge in [-0.1, -0.05) is 25.9 Å². The van der Waals surface area contributed by atoms with Gasteiger partial charge in [-0.25, -0.2) is 4.79 Å². The summed E-state index contributed by atoms with van der Waals surface area (Å²) in [6.45, 7) is 10.2. The Morgan fingerprint density at radius 2 is 1.85 bits per heavy atom. The van der Waals surface area contributed by atoms with Crippen molar-refractivity contribution in [3.8, 4) is 5.75 Å². The Morgan fingerprint density at radius 3 is 2.61 bits per heavy atom. The van der Waals surface area contributed by atoms with Crippen LogP contribution in [0.4, 0.5) is 16.3 Å². The second-order valence-electron chi connectivity index (χ2n) is 11.3. The number of benzene rings is 2. The van der Waals surface area contributed by atoms with Crippen LogP contribution in [0, 0.1) is 0 Å². The number of carbonyl (C=O) groups is 2. The van der Waals surface area contributed by atoms with Gasteiger partial charge in [0.15, 0.2) is 11.6 Å². The number of anilines is 2. The van der Waals surface area contributed by atoms with Crippen LogP contribution in [-0.4, -0.2) is 58.1 Å². The van der Waals surface area contributed by atoms with Gasteiger partial charge in [0.25, 0.3) is 0 Å². The molecule has 1 aliphatic rings. The lowest BCUT2D eigenvalue weighted by Crippen LogP contribution is -2.42. The molecule has 0 atom stereocenters. The lowest BCUT2D eigenvalue weighted by molar-refractivity contribution is 0.101. The molecule has 4 heterocycles. The van der Waals surface area contributed by atoms with E-state index in [9.17, 15) is 14.7 Å². The van der Waals surface area contributed by atoms with Crippen LogP contribution >= 0.6 is 0 Å². The molecular weight excluding hydrogens is 524 g/mol. The van der Waals surface area contributed by atoms with Crippen molar-refractivity contribution < 1.29 is 23.6 Å². The summed E-state index contributed by atoms with van der Waals surface area (Å²) in [5.74, 6) is 1.04. The van der Waals surface area contributed by atoms with E-state index >= 15 is 0 Å². The number of carbonyl (C=O) groups excluding carboxylic acids is 2. The first-order valence-electron chi connectivity index (χ1n) is 13.5. The van der Waals surface area contributed by atoms with Crippen molar-refractivity contribution in [2.24, 2.45) is 0 Å². The summed E-state index contributed by atoms with van der Waals surface area (Å²) in [7, 11) is 0. The van der Waals surface area contributed by atoms with Gasteiger partial charge >= 0.3 is 6.03 Å². The fraction of sp³-hybridized carbons (Fsp3) is 0.300. The average Bonchev–Trinajstić information content (AvgIpc) is 3.68. The highest BCUT2D eigenvalue weighted by molar-refractivity contribution is 6.10. The van der Waals surface area contributed by atoms with Crippen LogP contribution in [0.1, 0.15) is 48.3 Å². The minimum atomic E-state index is -0.476. The summed E-state index contributed by atoms with van der Waals surface area (Å²) in [6, 6.07) is 13.2. The van der Waals surface area contributed by atoms with Gasteiger partial charge in [0, 0.05) is 71.7 Å². The number of amides is 2. The Kier molecular flexibility index (Phi) is 6.76. The van der Waals surface area contributed by atoms with Crippen molar-refractivity contribution in [3.05, 3.63) is 71.3 Å². The zero-order valence-corrected chi connectivity index (χ0v) is 23.1. The molecule has 11 heteroatoms. The second-order valence-corrected chi connectivity index (χ2v) is 11.3. The molecule has 0 aliphatic carbocycles. The predicted molar refractivity (Wildman–Crippen MR) is 156 cm³/mol. The quantitative estimate of drug-likeness (QED) is 0.180. The third kappa shape index (κ3) is 5.54. The van der Waals surface area contributed by atoms with Gasteiger partial charge in [-0.15, -0.1) is 0 Å². The molecule has 41 heavy (non-hydrogen) atoms. The van der Waals surface area contributed by atoms with Crippen LogP contribution in [0.15, 0.2) is 57.5 Å². The zero-order chi connectivity index (χ0) is 28.7. The number of hydrogen-bond donors (Lipinski definition) is 5. The highest BCUT2D eigenvalue weighted by Crippen LogP contribution is 2.31. The lowest BCUT2D eigenvalue weighted by Gasteiger charge is -2.27. The molecule has 5 N–H and O–H groups in total. The molecule has 2 aromatic carbocycles. The van der Waals surface area contributed by atoms with E-state index in [4.69, 9.17) is 8.94 Å². The van der Waals surface area contributed by atoms with Crippen LogP contribution in [0.2, 0.25) is 0 Å². The number of ketones is 1. The molecule has 0 unspecified atom stereocenters. The Labute approximate surface area is 235 Å². The molecule has 0 radical (unpaired) electrons. The molecule has 0 bridgehead atoms. The van der Waals surface area contributed by atoms with E-state index in [0.29, 0.717) is 40.5 Å². The van der Waals surface area contributed by atoms with Crippen LogP contribution in [0.3, 0.4) is 0 Å². The number of fused-ring (bicyclic) bond motifs is 2. The first-order valence-corrected chi connectivity index (χ1v) is 13.5. The van der Waals surface area contributed by atoms with Gasteiger partial charge in [-0.3, -0.25) is 15.0 Å². The first kappa shape index (κ1) is 26.6. The topological polar surface area (TPSA) is 149 Å². The molecule has 212 valence electrons. The number of aromatic hydroxyl groups is 1. The summed E-state index contributed by atoms with van der Waals surface area (Å²) >= 11 is 0. The van der Waals surface area contributed by atoms with Crippen molar-refractivity contribution in [2.45, 2.75) is 32.7 Å². The summed E-state index contributed by atoms with van der Waals surface area (Å²) in [6.07, 6.45) is 0. The third-order valence-electron chi connectivity index (χ3n) is 7.22. The average molecular weight is 557 g/mol. The number of furan rings is 1. The molecular formula is C30H32N6O5. The Morgan fingerprint density at radius 1 is 1.05 bits per heavy atom. The maximum atomic E-state index is 13.4. The SMILES string of the molecule is CC(C)(C)c1cc(NC(=O)Nc2ccc3oc(C(=O)c4cc5c(CN6CCNCC6)c(O)ccc5[nH]4)cc3c2)no1. The van der Waals surface area contributed by atoms with Gasteiger partial charge in [0.05, 0.1) is 5.69 Å². The highest BCUT2D eigenvalue weighted by Gasteiger charge is 2.22. The monoisotopic (exact) mass is 556 g/mol. The fourth-order valence-corrected chi connectivity index (χ4v) is 4.97. The van der Waals surface area contributed by atoms with Crippen LogP contribution in [0.5, 0.6) is 5.75 Å². The van der Waals surface area contributed by atoms with Crippen molar-refractivity contribution in [3.63, 3.8) is 0 Å². The molecule has 0 spiro atoms. The van der Waals surface area contributed by atoms with Gasteiger partial charge < -0.3 is 29.7 Å². The van der Waals surface area contributed by atoms with E-state index in [1.807, 2.05) is 20.8 Å². The maximum Gasteiger partial charge on any atom is 0.324 e. The van der Waals surface area contributed by atoms with Gasteiger partial charge in [-0.2, -0.15) is 0 Å². The Hall–Kier alpha value is -4.61. The van der Waals surface area contributed by atoms with E-state index in [1.165, 1.54) is 0 Å². The molecule has 11 nitrogen and oxygen atoms in total. The van der Waals surface area contributed by atoms with Gasteiger partial charge in [0.2, 0.25) is 5.78 Å². The molecule has 1 aliphatic heterocycles. The number of piperazine rings is 1. The molecule has 2 amide bonds. The van der Waals surface area contributed by atoms with E-state index in [-0.39, 0.29) is 22.7 Å². The molecule has 5 aromatic rings. The minimum absolute atomic E-state index is 0.165. The number of rotatable bonds is 6. The first-order chi connectivity index (χ1) is 19.6. The number of nitrogens with one attached hydrogen (secondary N) is 4. The fourth-order valence-electron chi connectivity index (χ4n) is 4.97. The van der Waals surface area contributed by atoms with Crippen molar-refractivity contribution in [1.29, 1.82) is 0 Å². The number of urea groups is 1. The highest BCUT2D eigenvalue weighted by atomic mass is 16.5. The number of hydrogen-bond acceptors (Lipinski definition) is 8. The third-order valence-corrected chi connectivity index (χ3v) is 7.22. The van der Waals surface area contributed by atoms with E-state index < -0.39 is 6.03 Å². The van der Waals surface area contributed by atoms with Crippen LogP contribution in [0.25, 0.3) is 21.9 Å². The van der Waals surface area contributed by atoms with E-state index in [2.05, 4.69) is 31.0 Å². The molecule has 6 rings (SSSR count). The van der Waals surface area contributed by atoms with Gasteiger partial charge in [0.1, 0.15) is 17.1 Å². The smallest absolute Gasteiger partial charge is 0.324 e. The van der Waals surface area contributed by atoms with Crippen molar-refractivity contribution in [2.75, 3.05) is 36.8 Å². The number of nitrogens with zero attached hydrogens (tertiary/aromatic N) is 2. The normalized spacial score (nSPS) is 14.5. The maximum absolute atomic E-state index is 13.4. The number of aromatic amines is 1. The summed E-state index contributed by atoms with van der Waals surface area (Å²) in [5, 5.41) is 24.7. The summed E-state index contributed by atoms with van der Waals surface area (Å²) < 4.78 is 11.2. The molecule has 3 aromatic heterocycles. The summed E-state index contributed by atoms with van der Waals surface area (Å²) in [4.78, 5) is 31.4. The zero-order valence-electron chi connectivity index (χ0n) is 23.1. The predicted octanol–water partition coefficient (Wildman–Crippen LogP) is 5.19. The number of aromatic nitrogens is 2. The molecule has 0 saturated carbocycles. The van der Waals surface area contributed by atoms with Crippen molar-refractivity contribution in [1.82, 2.24) is 20.4 Å². The molecule has 1 saturated heterocycles. The van der Waals surface area contributed by atoms with Gasteiger partial charge in [-0.05, 0) is 42.5 Å². The molecule has 1 fully saturated rings. The summed E-state index contributed by atoms with van der Waals surface area (Å²) in [5.41, 5.74) is 2.73. The van der Waals surface area contributed by atoms with Crippen LogP contribution < -0.4 is 16.0 Å². The number of phenols is 1. The largest absolute Gasteiger partial charge is 0.508 e. The van der Waals surface area contributed by atoms with Crippen LogP contribution in [-0.2, 0) is 12.0 Å². The Bertz CT molecular complexity index is 1750. The lowest BCUT2D eigenvalue weighted by atomic mass is 9.93. The number of H-pyrrole nitrogens is 1. The minimum Gasteiger partial charge on any atom is -0.508 e. The Balaban J connectivity index is 1.19. The van der Waals surface area contributed by atoms with Crippen molar-refractivity contribution >= 4 is 45.2 Å². The number of phenolic OH excluding ortho intramolecular Hbond substituents is 1. The van der Waals surface area contributed by atoms with E-state index in [0.717, 1.165) is 42.6 Å². The standard InChI is InChI=1S/C30H32N6O5/c1-30(2,3)26-15-27(35-41-26)34-29(39)32-18-4-7-24-17(12-18)13-25(40-24)28(38)22-14-19-20(16-36-10-8-31-9-11-36)23(37)6-5-21(19)33-22/h4-7,12-15,31,33,37H,8-11,16H2,1-3H3,(H2,32,34,35,39). The second kappa shape index (κ2) is 10.4. The van der Waals surface area contributed by atoms with E-state index in [1.54, 1.807) is 48.5 Å².